The van der Waals surface area contributed by atoms with Crippen molar-refractivity contribution in [3.63, 3.8) is 0 Å². The highest BCUT2D eigenvalue weighted by molar-refractivity contribution is 6.30. The molecule has 0 spiro atoms. The number of nitrogens with one attached hydrogen (secondary N) is 2. The molecule has 0 saturated heterocycles. The van der Waals surface area contributed by atoms with Crippen LogP contribution >= 0.6 is 11.6 Å². The maximum atomic E-state index is 12.2. The zero-order valence-corrected chi connectivity index (χ0v) is 14.5. The average molecular weight is 363 g/mol. The second-order valence-electron chi connectivity index (χ2n) is 5.14. The van der Waals surface area contributed by atoms with Gasteiger partial charge in [-0.1, -0.05) is 35.9 Å². The van der Waals surface area contributed by atoms with E-state index in [0.717, 1.165) is 5.56 Å². The van der Waals surface area contributed by atoms with Gasteiger partial charge in [-0.3, -0.25) is 20.4 Å². The fraction of sp³-hybridized carbons (Fsp3) is 0.222. The Hall–Kier alpha value is -2.57. The lowest BCUT2D eigenvalue weighted by molar-refractivity contribution is -0.121. The lowest BCUT2D eigenvalue weighted by Crippen LogP contribution is -2.42. The molecule has 0 radical (unpaired) electrons. The highest BCUT2D eigenvalue weighted by Gasteiger charge is 2.13. The molecule has 25 heavy (non-hydrogen) atoms. The van der Waals surface area contributed by atoms with Gasteiger partial charge < -0.3 is 9.47 Å². The van der Waals surface area contributed by atoms with Crippen LogP contribution in [0.2, 0.25) is 5.02 Å². The fourth-order valence-electron chi connectivity index (χ4n) is 2.04. The lowest BCUT2D eigenvalue weighted by Gasteiger charge is -2.12. The highest BCUT2D eigenvalue weighted by atomic mass is 35.5. The van der Waals surface area contributed by atoms with Crippen LogP contribution in [-0.4, -0.2) is 32.1 Å². The van der Waals surface area contributed by atoms with Crippen molar-refractivity contribution in [2.75, 3.05) is 20.3 Å². The Labute approximate surface area is 151 Å². The first-order chi connectivity index (χ1) is 12.1. The summed E-state index contributed by atoms with van der Waals surface area (Å²) < 4.78 is 10.4. The van der Waals surface area contributed by atoms with Crippen molar-refractivity contribution in [1.82, 2.24) is 10.9 Å². The zero-order chi connectivity index (χ0) is 18.1. The van der Waals surface area contributed by atoms with Crippen LogP contribution in [0.4, 0.5) is 0 Å². The number of rotatable bonds is 7. The van der Waals surface area contributed by atoms with Crippen molar-refractivity contribution >= 4 is 23.4 Å². The summed E-state index contributed by atoms with van der Waals surface area (Å²) in [6.45, 7) is 0.734. The van der Waals surface area contributed by atoms with Gasteiger partial charge in [-0.25, -0.2) is 0 Å². The van der Waals surface area contributed by atoms with Gasteiger partial charge in [-0.2, -0.15) is 0 Å². The van der Waals surface area contributed by atoms with Crippen LogP contribution < -0.4 is 15.6 Å². The largest absolute Gasteiger partial charge is 0.490 e. The molecular weight excluding hydrogens is 344 g/mol. The smallest absolute Gasteiger partial charge is 0.273 e. The van der Waals surface area contributed by atoms with Gasteiger partial charge in [0.1, 0.15) is 12.4 Å². The van der Waals surface area contributed by atoms with E-state index in [1.54, 1.807) is 55.6 Å². The third-order valence-electron chi connectivity index (χ3n) is 3.27. The molecule has 0 aliphatic carbocycles. The van der Waals surface area contributed by atoms with Gasteiger partial charge in [-0.15, -0.1) is 0 Å². The third-order valence-corrected chi connectivity index (χ3v) is 3.52. The monoisotopic (exact) mass is 362 g/mol. The summed E-state index contributed by atoms with van der Waals surface area (Å²) in [6, 6.07) is 13.7. The third kappa shape index (κ3) is 6.10. The van der Waals surface area contributed by atoms with Gasteiger partial charge in [-0.05, 0) is 29.8 Å². The van der Waals surface area contributed by atoms with E-state index in [2.05, 4.69) is 10.9 Å². The number of halogens is 1. The summed E-state index contributed by atoms with van der Waals surface area (Å²) in [5, 5.41) is 0.600. The summed E-state index contributed by atoms with van der Waals surface area (Å²) in [5.74, 6) is -0.380. The van der Waals surface area contributed by atoms with E-state index in [-0.39, 0.29) is 12.3 Å². The minimum atomic E-state index is -0.461. The summed E-state index contributed by atoms with van der Waals surface area (Å²) in [4.78, 5) is 24.2. The van der Waals surface area contributed by atoms with Gasteiger partial charge in [0.25, 0.3) is 5.91 Å². The molecular formula is C18H19ClN2O4. The second kappa shape index (κ2) is 9.66. The van der Waals surface area contributed by atoms with Crippen molar-refractivity contribution in [2.45, 2.75) is 6.42 Å². The van der Waals surface area contributed by atoms with Crippen molar-refractivity contribution in [2.24, 2.45) is 0 Å². The van der Waals surface area contributed by atoms with Crippen LogP contribution in [0.15, 0.2) is 48.5 Å². The van der Waals surface area contributed by atoms with Gasteiger partial charge in [0.05, 0.1) is 18.6 Å². The molecule has 2 aromatic rings. The molecule has 0 bridgehead atoms. The van der Waals surface area contributed by atoms with Crippen molar-refractivity contribution in [3.8, 4) is 5.75 Å². The lowest BCUT2D eigenvalue weighted by atomic mass is 10.1. The maximum Gasteiger partial charge on any atom is 0.273 e. The van der Waals surface area contributed by atoms with E-state index < -0.39 is 5.91 Å². The fourth-order valence-corrected chi connectivity index (χ4v) is 2.17. The van der Waals surface area contributed by atoms with Crippen LogP contribution in [0.5, 0.6) is 5.75 Å². The molecule has 2 N–H and O–H groups in total. The standard InChI is InChI=1S/C18H19ClN2O4/c1-24-10-11-25-16-5-3-2-4-15(16)18(23)21-20-17(22)12-13-6-8-14(19)9-7-13/h2-9H,10-12H2,1H3,(H,20,22)(H,21,23). The van der Waals surface area contributed by atoms with Crippen LogP contribution in [0, 0.1) is 0 Å². The van der Waals surface area contributed by atoms with Gasteiger partial charge in [0, 0.05) is 12.1 Å². The first-order valence-corrected chi connectivity index (χ1v) is 8.02. The van der Waals surface area contributed by atoms with Crippen LogP contribution in [-0.2, 0) is 16.0 Å². The molecule has 0 atom stereocenters. The van der Waals surface area contributed by atoms with Crippen molar-refractivity contribution in [3.05, 3.63) is 64.7 Å². The number of benzene rings is 2. The zero-order valence-electron chi connectivity index (χ0n) is 13.8. The minimum absolute atomic E-state index is 0.128. The number of ether oxygens (including phenoxy) is 2. The molecule has 7 heteroatoms. The first kappa shape index (κ1) is 18.8. The molecule has 0 heterocycles. The Morgan fingerprint density at radius 2 is 1.72 bits per heavy atom. The number of carbonyl (C=O) groups is 2. The normalized spacial score (nSPS) is 10.2. The first-order valence-electron chi connectivity index (χ1n) is 7.64. The SMILES string of the molecule is COCCOc1ccccc1C(=O)NNC(=O)Cc1ccc(Cl)cc1. The predicted octanol–water partition coefficient (Wildman–Crippen LogP) is 2.37. The van der Waals surface area contributed by atoms with Crippen molar-refractivity contribution in [1.29, 1.82) is 0 Å². The number of methoxy groups -OCH3 is 1. The van der Waals surface area contributed by atoms with Crippen LogP contribution in [0.3, 0.4) is 0 Å². The average Bonchev–Trinajstić information content (AvgIpc) is 2.62. The molecule has 0 aliphatic heterocycles. The molecule has 0 aliphatic rings. The van der Waals surface area contributed by atoms with Crippen LogP contribution in [0.1, 0.15) is 15.9 Å². The topological polar surface area (TPSA) is 76.7 Å². The Balaban J connectivity index is 1.89. The summed E-state index contributed by atoms with van der Waals surface area (Å²) in [7, 11) is 1.57. The Bertz CT molecular complexity index is 719. The maximum absolute atomic E-state index is 12.2. The van der Waals surface area contributed by atoms with Crippen molar-refractivity contribution < 1.29 is 19.1 Å². The number of carbonyl (C=O) groups excluding carboxylic acids is 2. The van der Waals surface area contributed by atoms with Gasteiger partial charge in [0.15, 0.2) is 0 Å². The summed E-state index contributed by atoms with van der Waals surface area (Å²) >= 11 is 5.80. The Morgan fingerprint density at radius 3 is 2.44 bits per heavy atom. The number of hydrogen-bond donors (Lipinski definition) is 2. The van der Waals surface area contributed by atoms with E-state index >= 15 is 0 Å². The Morgan fingerprint density at radius 1 is 1.00 bits per heavy atom. The molecule has 2 aromatic carbocycles. The second-order valence-corrected chi connectivity index (χ2v) is 5.58. The summed E-state index contributed by atoms with van der Waals surface area (Å²) in [5.41, 5.74) is 5.89. The van der Waals surface area contributed by atoms with E-state index in [0.29, 0.717) is 29.5 Å². The molecule has 0 aromatic heterocycles. The van der Waals surface area contributed by atoms with Gasteiger partial charge >= 0.3 is 0 Å². The molecule has 0 fully saturated rings. The van der Waals surface area contributed by atoms with E-state index in [4.69, 9.17) is 21.1 Å². The van der Waals surface area contributed by atoms with Gasteiger partial charge in [0.2, 0.25) is 5.91 Å². The van der Waals surface area contributed by atoms with Crippen LogP contribution in [0.25, 0.3) is 0 Å². The molecule has 2 rings (SSSR count). The molecule has 0 unspecified atom stereocenters. The predicted molar refractivity (Wildman–Crippen MR) is 94.6 cm³/mol. The van der Waals surface area contributed by atoms with E-state index in [1.165, 1.54) is 0 Å². The quantitative estimate of drug-likeness (QED) is 0.585. The number of hydrogen-bond acceptors (Lipinski definition) is 4. The number of para-hydroxylation sites is 1. The molecule has 2 amide bonds. The highest BCUT2D eigenvalue weighted by Crippen LogP contribution is 2.17. The van der Waals surface area contributed by atoms with E-state index in [9.17, 15) is 9.59 Å². The number of amides is 2. The van der Waals surface area contributed by atoms with E-state index in [1.807, 2.05) is 0 Å². The molecule has 0 saturated carbocycles. The molecule has 132 valence electrons. The summed E-state index contributed by atoms with van der Waals surface area (Å²) in [6.07, 6.45) is 0.128. The Kier molecular flexibility index (Phi) is 7.25. The minimum Gasteiger partial charge on any atom is -0.490 e. The molecule has 6 nitrogen and oxygen atoms in total. The number of hydrazine groups is 1.